The van der Waals surface area contributed by atoms with E-state index in [1.807, 2.05) is 31.3 Å². The lowest BCUT2D eigenvalue weighted by atomic mass is 9.80. The lowest BCUT2D eigenvalue weighted by Crippen LogP contribution is -2.37. The minimum atomic E-state index is -0.345. The number of nitrogens with one attached hydrogen (secondary N) is 1. The topological polar surface area (TPSA) is 86.0 Å². The zero-order valence-electron chi connectivity index (χ0n) is 17.4. The van der Waals surface area contributed by atoms with Crippen LogP contribution in [-0.4, -0.2) is 28.9 Å². The Bertz CT molecular complexity index is 1260. The van der Waals surface area contributed by atoms with Gasteiger partial charge >= 0.3 is 0 Å². The minimum Gasteiger partial charge on any atom is -0.399 e. The van der Waals surface area contributed by atoms with E-state index in [2.05, 4.69) is 16.0 Å². The molecule has 0 saturated heterocycles. The van der Waals surface area contributed by atoms with Crippen LogP contribution < -0.4 is 5.73 Å². The van der Waals surface area contributed by atoms with Gasteiger partial charge in [0.05, 0.1) is 9.90 Å². The lowest BCUT2D eigenvalue weighted by Gasteiger charge is -2.39. The fourth-order valence-electron chi connectivity index (χ4n) is 4.12. The third-order valence-electron chi connectivity index (χ3n) is 5.91. The van der Waals surface area contributed by atoms with Gasteiger partial charge in [-0.15, -0.1) is 11.3 Å². The number of H-pyrrole nitrogens is 1. The maximum absolute atomic E-state index is 6.63. The first kappa shape index (κ1) is 20.5. The largest absolute Gasteiger partial charge is 0.399 e. The van der Waals surface area contributed by atoms with Gasteiger partial charge in [0.1, 0.15) is 23.0 Å². The zero-order chi connectivity index (χ0) is 21.6. The molecule has 5 rings (SSSR count). The molecule has 1 aliphatic rings. The molecule has 0 bridgehead atoms. The van der Waals surface area contributed by atoms with Gasteiger partial charge in [0.2, 0.25) is 0 Å². The molecule has 4 aromatic rings. The number of aromatic amines is 1. The first-order chi connectivity index (χ1) is 15.0. The van der Waals surface area contributed by atoms with Crippen molar-refractivity contribution in [1.29, 1.82) is 0 Å². The van der Waals surface area contributed by atoms with E-state index in [0.717, 1.165) is 68.3 Å². The highest BCUT2D eigenvalue weighted by Crippen LogP contribution is 2.48. The second-order valence-electron chi connectivity index (χ2n) is 7.93. The predicted octanol–water partition coefficient (Wildman–Crippen LogP) is 5.90. The maximum atomic E-state index is 6.63. The summed E-state index contributed by atoms with van der Waals surface area (Å²) >= 11 is 8.26. The third kappa shape index (κ3) is 3.51. The van der Waals surface area contributed by atoms with Crippen molar-refractivity contribution >= 4 is 39.7 Å². The average molecular weight is 455 g/mol. The number of nitrogens with zero attached hydrogens (tertiary/aromatic N) is 2. The van der Waals surface area contributed by atoms with Gasteiger partial charge in [0, 0.05) is 47.4 Å². The van der Waals surface area contributed by atoms with E-state index in [9.17, 15) is 0 Å². The number of rotatable bonds is 6. The van der Waals surface area contributed by atoms with Crippen LogP contribution >= 0.6 is 22.9 Å². The number of thiazole rings is 1. The Balaban J connectivity index is 1.58. The summed E-state index contributed by atoms with van der Waals surface area (Å²) in [4.78, 5) is 13.7. The number of hydrogen-bond donors (Lipinski definition) is 2. The summed E-state index contributed by atoms with van der Waals surface area (Å²) in [6, 6.07) is 8.00. The number of pyridine rings is 1. The fourth-order valence-corrected chi connectivity index (χ4v) is 5.62. The molecule has 31 heavy (non-hydrogen) atoms. The first-order valence-corrected chi connectivity index (χ1v) is 11.3. The molecule has 3 N–H and O–H groups in total. The van der Waals surface area contributed by atoms with Crippen LogP contribution in [0.2, 0.25) is 5.02 Å². The number of benzene rings is 1. The first-order valence-electron chi connectivity index (χ1n) is 10.1. The molecule has 1 fully saturated rings. The number of anilines is 1. The highest BCUT2D eigenvalue weighted by Gasteiger charge is 2.42. The summed E-state index contributed by atoms with van der Waals surface area (Å²) in [7, 11) is 1.64. The lowest BCUT2D eigenvalue weighted by molar-refractivity contribution is -0.171. The van der Waals surface area contributed by atoms with E-state index < -0.39 is 0 Å². The normalized spacial score (nSPS) is 15.3. The molecule has 6 nitrogen and oxygen atoms in total. The SMILES string of the molecule is COCOC1(c2ncc(-c3c(Cl)cnc4[nH]c(-c5ccc(N)cc5C)cc34)s2)CCC1. The van der Waals surface area contributed by atoms with E-state index in [1.165, 1.54) is 0 Å². The smallest absolute Gasteiger partial charge is 0.147 e. The van der Waals surface area contributed by atoms with Crippen molar-refractivity contribution in [2.45, 2.75) is 31.8 Å². The number of halogens is 1. The highest BCUT2D eigenvalue weighted by atomic mass is 35.5. The number of nitrogen functional groups attached to an aromatic ring is 1. The van der Waals surface area contributed by atoms with E-state index in [1.54, 1.807) is 24.6 Å². The summed E-state index contributed by atoms with van der Waals surface area (Å²) in [5.74, 6) is 0. The standard InChI is InChI=1S/C23H23ClN4O2S/c1-13-8-14(25)4-5-15(13)18-9-16-20(17(24)10-26-21(16)28-18)19-11-27-22(31-19)23(6-3-7-23)30-12-29-2/h4-5,8-11H,3,6-7,12,25H2,1-2H3,(H,26,28). The Morgan fingerprint density at radius 2 is 2.06 bits per heavy atom. The van der Waals surface area contributed by atoms with Crippen molar-refractivity contribution in [3.8, 4) is 21.7 Å². The Labute approximate surface area is 189 Å². The van der Waals surface area contributed by atoms with Gasteiger partial charge in [-0.1, -0.05) is 17.7 Å². The van der Waals surface area contributed by atoms with E-state index in [0.29, 0.717) is 5.02 Å². The number of nitrogens with two attached hydrogens (primary N) is 1. The van der Waals surface area contributed by atoms with Crippen molar-refractivity contribution in [2.24, 2.45) is 0 Å². The molecule has 160 valence electrons. The maximum Gasteiger partial charge on any atom is 0.147 e. The number of aryl methyl sites for hydroxylation is 1. The van der Waals surface area contributed by atoms with Crippen LogP contribution in [0.25, 0.3) is 32.7 Å². The molecular weight excluding hydrogens is 432 g/mol. The molecular formula is C23H23ClN4O2S. The molecule has 0 amide bonds. The Kier molecular flexibility index (Phi) is 5.22. The molecule has 1 aliphatic carbocycles. The van der Waals surface area contributed by atoms with E-state index >= 15 is 0 Å². The van der Waals surface area contributed by atoms with Crippen molar-refractivity contribution < 1.29 is 9.47 Å². The molecule has 8 heteroatoms. The number of ether oxygens (including phenoxy) is 2. The zero-order valence-corrected chi connectivity index (χ0v) is 18.9. The molecule has 3 aromatic heterocycles. The monoisotopic (exact) mass is 454 g/mol. The molecule has 0 unspecified atom stereocenters. The van der Waals surface area contributed by atoms with Crippen LogP contribution in [0, 0.1) is 6.92 Å². The van der Waals surface area contributed by atoms with Gasteiger partial charge in [0.15, 0.2) is 0 Å². The van der Waals surface area contributed by atoms with Gasteiger partial charge < -0.3 is 20.2 Å². The van der Waals surface area contributed by atoms with E-state index in [-0.39, 0.29) is 12.4 Å². The van der Waals surface area contributed by atoms with Crippen molar-refractivity contribution in [3.63, 3.8) is 0 Å². The van der Waals surface area contributed by atoms with Crippen LogP contribution in [0.3, 0.4) is 0 Å². The summed E-state index contributed by atoms with van der Waals surface area (Å²) in [5.41, 5.74) is 11.2. The van der Waals surface area contributed by atoms with Gasteiger partial charge in [0.25, 0.3) is 0 Å². The minimum absolute atomic E-state index is 0.261. The van der Waals surface area contributed by atoms with Crippen LogP contribution in [-0.2, 0) is 15.1 Å². The Morgan fingerprint density at radius 1 is 1.23 bits per heavy atom. The molecule has 0 spiro atoms. The van der Waals surface area contributed by atoms with Gasteiger partial charge in [-0.2, -0.15) is 0 Å². The van der Waals surface area contributed by atoms with Crippen LogP contribution in [0.5, 0.6) is 0 Å². The molecule has 1 saturated carbocycles. The summed E-state index contributed by atoms with van der Waals surface area (Å²) in [6.45, 7) is 2.31. The number of methoxy groups -OCH3 is 1. The molecule has 0 radical (unpaired) electrons. The highest BCUT2D eigenvalue weighted by molar-refractivity contribution is 7.15. The van der Waals surface area contributed by atoms with Crippen molar-refractivity contribution in [1.82, 2.24) is 15.0 Å². The average Bonchev–Trinajstić information content (AvgIpc) is 3.35. The number of aromatic nitrogens is 3. The van der Waals surface area contributed by atoms with E-state index in [4.69, 9.17) is 31.8 Å². The molecule has 3 heterocycles. The predicted molar refractivity (Wildman–Crippen MR) is 125 cm³/mol. The van der Waals surface area contributed by atoms with Crippen molar-refractivity contribution in [2.75, 3.05) is 19.6 Å². The third-order valence-corrected chi connectivity index (χ3v) is 7.40. The van der Waals surface area contributed by atoms with Gasteiger partial charge in [-0.05, 0) is 49.9 Å². The fraction of sp³-hybridized carbons (Fsp3) is 0.304. The quantitative estimate of drug-likeness (QED) is 0.280. The Morgan fingerprint density at radius 3 is 2.77 bits per heavy atom. The Hall–Kier alpha value is -2.45. The molecule has 0 aliphatic heterocycles. The van der Waals surface area contributed by atoms with Crippen LogP contribution in [0.15, 0.2) is 36.7 Å². The van der Waals surface area contributed by atoms with Crippen molar-refractivity contribution in [3.05, 3.63) is 52.3 Å². The number of fused-ring (bicyclic) bond motifs is 1. The van der Waals surface area contributed by atoms with Gasteiger partial charge in [-0.25, -0.2) is 9.97 Å². The molecule has 0 atom stereocenters. The van der Waals surface area contributed by atoms with Gasteiger partial charge in [-0.3, -0.25) is 0 Å². The summed E-state index contributed by atoms with van der Waals surface area (Å²) in [6.07, 6.45) is 6.61. The second kappa shape index (κ2) is 7.91. The van der Waals surface area contributed by atoms with Crippen LogP contribution in [0.1, 0.15) is 29.8 Å². The second-order valence-corrected chi connectivity index (χ2v) is 9.37. The summed E-state index contributed by atoms with van der Waals surface area (Å²) in [5, 5.41) is 2.54. The summed E-state index contributed by atoms with van der Waals surface area (Å²) < 4.78 is 11.2. The van der Waals surface area contributed by atoms with Crippen LogP contribution in [0.4, 0.5) is 5.69 Å². The molecule has 1 aromatic carbocycles. The number of hydrogen-bond acceptors (Lipinski definition) is 6.